The summed E-state index contributed by atoms with van der Waals surface area (Å²) in [6.07, 6.45) is 0. The van der Waals surface area contributed by atoms with Crippen molar-refractivity contribution in [3.63, 3.8) is 0 Å². The molecule has 0 atom stereocenters. The van der Waals surface area contributed by atoms with E-state index in [9.17, 15) is 4.11 Å². The lowest BCUT2D eigenvalue weighted by Crippen LogP contribution is -1.92. The van der Waals surface area contributed by atoms with Gasteiger partial charge in [-0.05, 0) is 83.8 Å². The van der Waals surface area contributed by atoms with Crippen LogP contribution < -0.4 is 0 Å². The van der Waals surface area contributed by atoms with E-state index in [1.54, 1.807) is 72.8 Å². The largest absolute Gasteiger partial charge is 0.456 e. The Bertz CT molecular complexity index is 3160. The molecule has 0 saturated carbocycles. The van der Waals surface area contributed by atoms with Crippen molar-refractivity contribution in [1.29, 1.82) is 0 Å². The first-order chi connectivity index (χ1) is 26.8. The van der Waals surface area contributed by atoms with Crippen LogP contribution in [-0.2, 0) is 0 Å². The van der Waals surface area contributed by atoms with Crippen LogP contribution in [-0.4, -0.2) is 0 Å². The van der Waals surface area contributed by atoms with E-state index in [1.165, 1.54) is 0 Å². The predicted octanol–water partition coefficient (Wildman–Crippen LogP) is 12.0. The molecule has 0 fully saturated rings. The summed E-state index contributed by atoms with van der Waals surface area (Å²) in [6, 6.07) is 17.6. The third kappa shape index (κ3) is 3.65. The molecule has 0 aliphatic rings. The van der Waals surface area contributed by atoms with E-state index in [0.717, 1.165) is 0 Å². The van der Waals surface area contributed by atoms with Gasteiger partial charge >= 0.3 is 0 Å². The van der Waals surface area contributed by atoms with Crippen molar-refractivity contribution in [1.82, 2.24) is 0 Å². The first-order valence-corrected chi connectivity index (χ1v) is 13.7. The van der Waals surface area contributed by atoms with Gasteiger partial charge in [-0.1, -0.05) is 139 Å². The first-order valence-electron chi connectivity index (χ1n) is 20.2. The second kappa shape index (κ2) is 9.44. The highest BCUT2D eigenvalue weighted by Crippen LogP contribution is 2.47. The number of fused-ring (bicyclic) bond motifs is 6. The molecule has 0 aliphatic heterocycles. The maximum atomic E-state index is 9.92. The monoisotopic (exact) mass is 559 g/mol. The maximum absolute atomic E-state index is 9.92. The Morgan fingerprint density at radius 2 is 1.02 bits per heavy atom. The second-order valence-electron chi connectivity index (χ2n) is 10.2. The number of furan rings is 1. The molecule has 0 saturated heterocycles. The van der Waals surface area contributed by atoms with E-state index in [-0.39, 0.29) is 62.0 Å². The maximum Gasteiger partial charge on any atom is 0.136 e. The summed E-state index contributed by atoms with van der Waals surface area (Å²) in [5.74, 6) is 0. The van der Waals surface area contributed by atoms with E-state index < -0.39 is 60.4 Å². The molecule has 9 aromatic rings. The Hall–Kier alpha value is -5.66. The van der Waals surface area contributed by atoms with Crippen LogP contribution in [0.4, 0.5) is 0 Å². The highest BCUT2D eigenvalue weighted by Gasteiger charge is 2.20. The van der Waals surface area contributed by atoms with Gasteiger partial charge < -0.3 is 4.42 Å². The average molecular weight is 560 g/mol. The van der Waals surface area contributed by atoms with E-state index in [0.29, 0.717) is 43.8 Å². The lowest BCUT2D eigenvalue weighted by molar-refractivity contribution is 0.669. The molecule has 0 radical (unpaired) electrons. The molecule has 0 spiro atoms. The van der Waals surface area contributed by atoms with Crippen molar-refractivity contribution in [3.05, 3.63) is 157 Å². The molecular formula is C42H26O. The van der Waals surface area contributed by atoms with Crippen molar-refractivity contribution in [2.24, 2.45) is 0 Å². The van der Waals surface area contributed by atoms with Gasteiger partial charge in [0.05, 0.1) is 17.8 Å². The number of para-hydroxylation sites is 1. The summed E-state index contributed by atoms with van der Waals surface area (Å²) >= 11 is 0. The topological polar surface area (TPSA) is 13.1 Å². The zero-order valence-corrected chi connectivity index (χ0v) is 22.4. The van der Waals surface area contributed by atoms with Gasteiger partial charge in [0, 0.05) is 10.8 Å². The number of hydrogen-bond donors (Lipinski definition) is 0. The van der Waals surface area contributed by atoms with Crippen molar-refractivity contribution in [2.75, 3.05) is 0 Å². The molecule has 0 bridgehead atoms. The van der Waals surface area contributed by atoms with Crippen LogP contribution in [0, 0.1) is 0 Å². The Morgan fingerprint density at radius 3 is 1.77 bits per heavy atom. The third-order valence-corrected chi connectivity index (χ3v) is 7.88. The van der Waals surface area contributed by atoms with Crippen LogP contribution in [0.1, 0.15) is 17.8 Å². The van der Waals surface area contributed by atoms with Crippen molar-refractivity contribution in [2.45, 2.75) is 0 Å². The van der Waals surface area contributed by atoms with Crippen LogP contribution in [0.2, 0.25) is 0 Å². The van der Waals surface area contributed by atoms with Gasteiger partial charge in [0.15, 0.2) is 0 Å². The van der Waals surface area contributed by atoms with Gasteiger partial charge in [0.1, 0.15) is 11.2 Å². The summed E-state index contributed by atoms with van der Waals surface area (Å²) in [5, 5.41) is 2.03. The summed E-state index contributed by atoms with van der Waals surface area (Å²) in [4.78, 5) is 0. The minimum Gasteiger partial charge on any atom is -0.456 e. The fraction of sp³-hybridized carbons (Fsp3) is 0. The van der Waals surface area contributed by atoms with Gasteiger partial charge in [0.2, 0.25) is 0 Å². The average Bonchev–Trinajstić information content (AvgIpc) is 3.61. The van der Waals surface area contributed by atoms with Crippen LogP contribution in [0.3, 0.4) is 0 Å². The molecule has 0 aliphatic carbocycles. The van der Waals surface area contributed by atoms with Crippen molar-refractivity contribution < 1.29 is 22.2 Å². The van der Waals surface area contributed by atoms with Crippen LogP contribution in [0.5, 0.6) is 0 Å². The smallest absolute Gasteiger partial charge is 0.136 e. The van der Waals surface area contributed by atoms with Gasteiger partial charge in [0.25, 0.3) is 0 Å². The van der Waals surface area contributed by atoms with Crippen LogP contribution >= 0.6 is 0 Å². The highest BCUT2D eigenvalue weighted by molar-refractivity contribution is 6.24. The predicted molar refractivity (Wildman–Crippen MR) is 183 cm³/mol. The fourth-order valence-corrected chi connectivity index (χ4v) is 6.09. The molecule has 0 N–H and O–H groups in total. The molecule has 9 rings (SSSR count). The summed E-state index contributed by atoms with van der Waals surface area (Å²) in [5.41, 5.74) is 1.69. The molecule has 1 heterocycles. The molecule has 1 nitrogen and oxygen atoms in total. The molecule has 1 heteroatoms. The minimum atomic E-state index is -0.557. The fourth-order valence-electron chi connectivity index (χ4n) is 6.09. The van der Waals surface area contributed by atoms with E-state index in [1.807, 2.05) is 6.07 Å². The number of hydrogen-bond acceptors (Lipinski definition) is 1. The normalized spacial score (nSPS) is 16.0. The summed E-state index contributed by atoms with van der Waals surface area (Å²) in [6.45, 7) is 0. The van der Waals surface area contributed by atoms with Crippen molar-refractivity contribution in [3.8, 4) is 33.4 Å². The lowest BCUT2D eigenvalue weighted by Gasteiger charge is -2.19. The molecule has 200 valence electrons. The zero-order chi connectivity index (χ0) is 39.6. The van der Waals surface area contributed by atoms with Gasteiger partial charge in [-0.2, -0.15) is 0 Å². The SMILES string of the molecule is [2H]c1c([2H])c([2H])c2c(oc3c([2H])c(-c4c5ccccc5c(-c5c([2H])c([2H])c([2H])c6c([2H])c([2H])c([2H])c([2H])c56)c5ccccc45)c([2H])c(-c4ccccc4)c32)c1[2H]. The first kappa shape index (κ1) is 14.5. The van der Waals surface area contributed by atoms with E-state index in [4.69, 9.17) is 18.1 Å². The summed E-state index contributed by atoms with van der Waals surface area (Å²) < 4.78 is 121. The Labute approximate surface area is 267 Å². The zero-order valence-electron chi connectivity index (χ0n) is 35.4. The molecule has 0 unspecified atom stereocenters. The molecule has 43 heavy (non-hydrogen) atoms. The van der Waals surface area contributed by atoms with E-state index >= 15 is 0 Å². The van der Waals surface area contributed by atoms with Gasteiger partial charge in [-0.25, -0.2) is 0 Å². The third-order valence-electron chi connectivity index (χ3n) is 7.88. The second-order valence-corrected chi connectivity index (χ2v) is 10.2. The van der Waals surface area contributed by atoms with Crippen LogP contribution in [0.25, 0.3) is 87.6 Å². The molecular weight excluding hydrogens is 520 g/mol. The number of benzene rings is 8. The minimum absolute atomic E-state index is 0.0330. The molecule has 1 aromatic heterocycles. The summed E-state index contributed by atoms with van der Waals surface area (Å²) in [7, 11) is 0. The highest BCUT2D eigenvalue weighted by atomic mass is 16.3. The molecule has 0 amide bonds. The standard InChI is InChI=1S/C42H26O/c1-2-13-28(14-3-1)37-25-29(26-39-42(37)36-22-10-11-24-38(36)43-39)40-32-18-6-8-20-34(32)41(35-21-9-7-19-33(35)40)31-23-12-16-27-15-4-5-17-30(27)31/h1-26H/i4D,5D,10D,11D,12D,15D,16D,17D,22D,23D,24D,25D,26D. The quantitative estimate of drug-likeness (QED) is 0.196. The van der Waals surface area contributed by atoms with Gasteiger partial charge in [-0.3, -0.25) is 0 Å². The number of rotatable bonds is 3. The van der Waals surface area contributed by atoms with Gasteiger partial charge in [-0.15, -0.1) is 0 Å². The Morgan fingerprint density at radius 1 is 0.419 bits per heavy atom. The Balaban J connectivity index is 1.52. The van der Waals surface area contributed by atoms with E-state index in [2.05, 4.69) is 0 Å². The lowest BCUT2D eigenvalue weighted by atomic mass is 9.84. The van der Waals surface area contributed by atoms with Crippen LogP contribution in [0.15, 0.2) is 162 Å². The Kier molecular flexibility index (Phi) is 3.18. The van der Waals surface area contributed by atoms with Crippen molar-refractivity contribution >= 4 is 54.3 Å². The molecule has 8 aromatic carbocycles.